The lowest BCUT2D eigenvalue weighted by atomic mass is 9.92. The second kappa shape index (κ2) is 12.5. The summed E-state index contributed by atoms with van der Waals surface area (Å²) in [5.74, 6) is -0.0428. The molecule has 0 bridgehead atoms. The van der Waals surface area contributed by atoms with Crippen LogP contribution in [0.4, 0.5) is 5.69 Å². The molecule has 2 aromatic carbocycles. The number of ether oxygens (including phenoxy) is 3. The van der Waals surface area contributed by atoms with Crippen molar-refractivity contribution in [3.63, 3.8) is 0 Å². The Morgan fingerprint density at radius 2 is 1.93 bits per heavy atom. The molecular weight excluding hydrogens is 552 g/mol. The fraction of sp³-hybridized carbons (Fsp3) is 0.433. The van der Waals surface area contributed by atoms with Gasteiger partial charge in [0.25, 0.3) is 5.91 Å². The van der Waals surface area contributed by atoms with Gasteiger partial charge in [-0.2, -0.15) is 0 Å². The number of methoxy groups -OCH3 is 2. The monoisotopic (exact) mass is 586 g/mol. The van der Waals surface area contributed by atoms with Crippen molar-refractivity contribution in [1.82, 2.24) is 4.98 Å². The molecule has 0 aliphatic carbocycles. The molecule has 0 unspecified atom stereocenters. The minimum Gasteiger partial charge on any atom is -0.493 e. The number of anilines is 1. The lowest BCUT2D eigenvalue weighted by Crippen LogP contribution is -2.46. The second-order valence-electron chi connectivity index (χ2n) is 10.6. The average Bonchev–Trinajstić information content (AvgIpc) is 3.29. The predicted molar refractivity (Wildman–Crippen MR) is 152 cm³/mol. The van der Waals surface area contributed by atoms with Crippen LogP contribution in [0.25, 0.3) is 0 Å². The molecule has 2 heterocycles. The van der Waals surface area contributed by atoms with Gasteiger partial charge in [0.2, 0.25) is 0 Å². The number of carboxylic acids is 1. The summed E-state index contributed by atoms with van der Waals surface area (Å²) < 4.78 is 23.7. The molecule has 1 aliphatic rings. The Hall–Kier alpha value is -3.60. The van der Waals surface area contributed by atoms with Crippen LogP contribution in [0.3, 0.4) is 0 Å². The van der Waals surface area contributed by atoms with Crippen LogP contribution in [0.15, 0.2) is 40.8 Å². The average molecular weight is 587 g/mol. The molecule has 1 aromatic heterocycles. The number of nitrogens with zero attached hydrogens (tertiary/aromatic N) is 2. The molecule has 4 rings (SSSR count). The van der Waals surface area contributed by atoms with E-state index in [1.165, 1.54) is 14.2 Å². The summed E-state index contributed by atoms with van der Waals surface area (Å²) in [5.41, 5.74) is 1.69. The first-order chi connectivity index (χ1) is 19.5. The number of aliphatic hydroxyl groups is 1. The summed E-state index contributed by atoms with van der Waals surface area (Å²) in [6.45, 7) is 5.60. The maximum atomic E-state index is 14.3. The Morgan fingerprint density at radius 1 is 1.17 bits per heavy atom. The number of hydrogen-bond donors (Lipinski definition) is 2. The van der Waals surface area contributed by atoms with Gasteiger partial charge in [-0.25, -0.2) is 4.98 Å². The van der Waals surface area contributed by atoms with Crippen molar-refractivity contribution in [2.75, 3.05) is 32.3 Å². The fourth-order valence-corrected chi connectivity index (χ4v) is 5.12. The van der Waals surface area contributed by atoms with E-state index in [1.807, 2.05) is 26.8 Å². The number of carbonyl (C=O) groups is 2. The molecule has 220 valence electrons. The number of aliphatic hydroxyl groups excluding tert-OH is 1. The van der Waals surface area contributed by atoms with Crippen LogP contribution < -0.4 is 14.4 Å². The van der Waals surface area contributed by atoms with Crippen LogP contribution in [0, 0.1) is 5.41 Å². The molecule has 1 aliphatic heterocycles. The number of fused-ring (bicyclic) bond motifs is 1. The van der Waals surface area contributed by atoms with Gasteiger partial charge in [0.1, 0.15) is 24.4 Å². The second-order valence-corrected chi connectivity index (χ2v) is 11.1. The lowest BCUT2D eigenvalue weighted by Gasteiger charge is -2.32. The number of benzene rings is 2. The van der Waals surface area contributed by atoms with Crippen molar-refractivity contribution in [3.05, 3.63) is 69.9 Å². The summed E-state index contributed by atoms with van der Waals surface area (Å²) in [6, 6.07) is 10.6. The maximum Gasteiger partial charge on any atom is 0.311 e. The van der Waals surface area contributed by atoms with E-state index in [-0.39, 0.29) is 43.6 Å². The van der Waals surface area contributed by atoms with Gasteiger partial charge >= 0.3 is 5.97 Å². The Kier molecular flexibility index (Phi) is 9.26. The SMILES string of the molecule is CCc1nc(C[C@H]2O[C@H](c3cccc(OC)c3OC)c3cc(Cl)ccc3N(CC(C)(C)CO)C2=O)oc1CC(=O)O. The third-order valence-corrected chi connectivity index (χ3v) is 7.20. The molecule has 0 fully saturated rings. The molecule has 0 spiro atoms. The normalized spacial score (nSPS) is 17.2. The minimum absolute atomic E-state index is 0.0496. The first-order valence-electron chi connectivity index (χ1n) is 13.3. The van der Waals surface area contributed by atoms with Crippen molar-refractivity contribution < 1.29 is 38.4 Å². The van der Waals surface area contributed by atoms with E-state index in [0.717, 1.165) is 0 Å². The zero-order valence-electron chi connectivity index (χ0n) is 23.8. The molecule has 11 heteroatoms. The molecule has 0 saturated heterocycles. The number of hydrogen-bond acceptors (Lipinski definition) is 8. The Bertz CT molecular complexity index is 1420. The number of para-hydroxylation sites is 1. The lowest BCUT2D eigenvalue weighted by molar-refractivity contribution is -0.136. The number of carbonyl (C=O) groups excluding carboxylic acids is 1. The van der Waals surface area contributed by atoms with E-state index in [9.17, 15) is 19.8 Å². The summed E-state index contributed by atoms with van der Waals surface area (Å²) in [7, 11) is 3.06. The van der Waals surface area contributed by atoms with Gasteiger partial charge < -0.3 is 33.7 Å². The predicted octanol–water partition coefficient (Wildman–Crippen LogP) is 4.62. The van der Waals surface area contributed by atoms with E-state index >= 15 is 0 Å². The van der Waals surface area contributed by atoms with Gasteiger partial charge in [-0.05, 0) is 30.7 Å². The Morgan fingerprint density at radius 3 is 2.56 bits per heavy atom. The summed E-state index contributed by atoms with van der Waals surface area (Å²) >= 11 is 6.48. The van der Waals surface area contributed by atoms with E-state index in [1.54, 1.807) is 35.2 Å². The van der Waals surface area contributed by atoms with Crippen LogP contribution in [0.2, 0.25) is 5.02 Å². The highest BCUT2D eigenvalue weighted by Crippen LogP contribution is 2.45. The molecule has 41 heavy (non-hydrogen) atoms. The first kappa shape index (κ1) is 30.4. The number of aromatic nitrogens is 1. The van der Waals surface area contributed by atoms with E-state index in [2.05, 4.69) is 4.98 Å². The van der Waals surface area contributed by atoms with Crippen LogP contribution in [-0.2, 0) is 33.6 Å². The minimum atomic E-state index is -1.09. The number of oxazole rings is 1. The van der Waals surface area contributed by atoms with Gasteiger partial charge in [-0.1, -0.05) is 44.5 Å². The highest BCUT2D eigenvalue weighted by atomic mass is 35.5. The molecule has 1 amide bonds. The van der Waals surface area contributed by atoms with Gasteiger partial charge in [-0.15, -0.1) is 0 Å². The van der Waals surface area contributed by atoms with Crippen LogP contribution in [0.1, 0.15) is 55.3 Å². The molecular formula is C30H35ClN2O8. The van der Waals surface area contributed by atoms with Crippen molar-refractivity contribution in [1.29, 1.82) is 0 Å². The number of aliphatic carboxylic acids is 1. The Balaban J connectivity index is 1.88. The van der Waals surface area contributed by atoms with Crippen molar-refractivity contribution in [2.45, 2.75) is 52.2 Å². The third kappa shape index (κ3) is 6.50. The number of carboxylic acid groups (broad SMARTS) is 1. The first-order valence-corrected chi connectivity index (χ1v) is 13.7. The van der Waals surface area contributed by atoms with Gasteiger partial charge in [0, 0.05) is 40.4 Å². The topological polar surface area (TPSA) is 132 Å². The number of aryl methyl sites for hydroxylation is 1. The maximum absolute atomic E-state index is 14.3. The zero-order valence-corrected chi connectivity index (χ0v) is 24.5. The fourth-order valence-electron chi connectivity index (χ4n) is 4.94. The smallest absolute Gasteiger partial charge is 0.311 e. The zero-order chi connectivity index (χ0) is 29.9. The third-order valence-electron chi connectivity index (χ3n) is 6.96. The summed E-state index contributed by atoms with van der Waals surface area (Å²) in [5, 5.41) is 19.8. The Labute approximate surface area is 243 Å². The van der Waals surface area contributed by atoms with Crippen molar-refractivity contribution in [2.24, 2.45) is 5.41 Å². The molecule has 0 radical (unpaired) electrons. The van der Waals surface area contributed by atoms with Gasteiger partial charge in [0.05, 0.1) is 26.3 Å². The standard InChI is InChI=1S/C30H35ClN2O8/c1-6-20-23(14-26(35)36)40-25(32-20)13-24-29(37)33(15-30(2,3)16-34)21-11-10-17(31)12-19(21)27(41-24)18-8-7-9-22(38-4)28(18)39-5/h7-12,24,27,34H,6,13-16H2,1-5H3,(H,35,36)/t24-,27-/m1/s1. The number of rotatable bonds is 11. The van der Waals surface area contributed by atoms with Crippen LogP contribution in [-0.4, -0.2) is 60.5 Å². The molecule has 0 saturated carbocycles. The van der Waals surface area contributed by atoms with Crippen molar-refractivity contribution >= 4 is 29.2 Å². The highest BCUT2D eigenvalue weighted by molar-refractivity contribution is 6.30. The summed E-state index contributed by atoms with van der Waals surface area (Å²) in [6.07, 6.45) is -1.80. The molecule has 2 N–H and O–H groups in total. The van der Waals surface area contributed by atoms with Crippen molar-refractivity contribution in [3.8, 4) is 11.5 Å². The number of amides is 1. The van der Waals surface area contributed by atoms with Gasteiger partial charge in [-0.3, -0.25) is 9.59 Å². The number of halogens is 1. The molecule has 10 nitrogen and oxygen atoms in total. The highest BCUT2D eigenvalue weighted by Gasteiger charge is 2.40. The quantitative estimate of drug-likeness (QED) is 0.330. The van der Waals surface area contributed by atoms with E-state index < -0.39 is 23.6 Å². The van der Waals surface area contributed by atoms with Crippen LogP contribution >= 0.6 is 11.6 Å². The largest absolute Gasteiger partial charge is 0.493 e. The van der Waals surface area contributed by atoms with Gasteiger partial charge in [0.15, 0.2) is 17.4 Å². The van der Waals surface area contributed by atoms with Crippen LogP contribution in [0.5, 0.6) is 11.5 Å². The summed E-state index contributed by atoms with van der Waals surface area (Å²) in [4.78, 5) is 31.7. The molecule has 3 aromatic rings. The molecule has 2 atom stereocenters. The van der Waals surface area contributed by atoms with E-state index in [4.69, 9.17) is 30.2 Å². The van der Waals surface area contributed by atoms with E-state index in [0.29, 0.717) is 45.5 Å².